The van der Waals surface area contributed by atoms with Crippen LogP contribution in [0.15, 0.2) is 40.9 Å². The van der Waals surface area contributed by atoms with E-state index in [1.54, 1.807) is 0 Å². The molecule has 0 heterocycles. The van der Waals surface area contributed by atoms with Crippen LogP contribution < -0.4 is 0 Å². The normalized spacial score (nSPS) is 14.7. The highest BCUT2D eigenvalue weighted by Crippen LogP contribution is 2.31. The van der Waals surface area contributed by atoms with Crippen LogP contribution in [0.3, 0.4) is 0 Å². The summed E-state index contributed by atoms with van der Waals surface area (Å²) in [4.78, 5) is 11.6. The van der Waals surface area contributed by atoms with Crippen molar-refractivity contribution < 1.29 is 9.53 Å². The van der Waals surface area contributed by atoms with E-state index in [0.29, 0.717) is 6.61 Å². The van der Waals surface area contributed by atoms with Crippen LogP contribution in [0, 0.1) is 5.92 Å². The fourth-order valence-corrected chi connectivity index (χ4v) is 2.51. The number of hydrogen-bond acceptors (Lipinski definition) is 2. The van der Waals surface area contributed by atoms with Gasteiger partial charge in [-0.05, 0) is 35.2 Å². The molecule has 92 valence electrons. The van der Waals surface area contributed by atoms with Gasteiger partial charge in [-0.2, -0.15) is 0 Å². The summed E-state index contributed by atoms with van der Waals surface area (Å²) in [7, 11) is 0. The third kappa shape index (κ3) is 2.27. The largest absolute Gasteiger partial charge is 0.461 e. The van der Waals surface area contributed by atoms with Gasteiger partial charge in [0.25, 0.3) is 0 Å². The van der Waals surface area contributed by atoms with E-state index in [4.69, 9.17) is 4.74 Å². The average Bonchev–Trinajstić information content (AvgIpc) is 3.22. The van der Waals surface area contributed by atoms with Crippen molar-refractivity contribution in [1.82, 2.24) is 0 Å². The number of halogens is 1. The molecule has 3 heteroatoms. The van der Waals surface area contributed by atoms with Crippen LogP contribution in [0.5, 0.6) is 0 Å². The Kier molecular flexibility index (Phi) is 3.08. The van der Waals surface area contributed by atoms with Crippen molar-refractivity contribution in [3.8, 4) is 0 Å². The Labute approximate surface area is 114 Å². The van der Waals surface area contributed by atoms with Crippen molar-refractivity contribution in [3.63, 3.8) is 0 Å². The lowest BCUT2D eigenvalue weighted by molar-refractivity contribution is -0.146. The van der Waals surface area contributed by atoms with Gasteiger partial charge in [0.2, 0.25) is 0 Å². The van der Waals surface area contributed by atoms with Gasteiger partial charge in [-0.1, -0.05) is 46.3 Å². The molecular formula is C15H13BrO2. The van der Waals surface area contributed by atoms with E-state index in [2.05, 4.69) is 28.1 Å². The van der Waals surface area contributed by atoms with Crippen molar-refractivity contribution in [2.45, 2.75) is 19.4 Å². The van der Waals surface area contributed by atoms with E-state index in [1.807, 2.05) is 24.3 Å². The SMILES string of the molecule is O=C(OCc1ccc(Br)c2ccccc12)C1CC1. The van der Waals surface area contributed by atoms with Gasteiger partial charge in [-0.25, -0.2) is 0 Å². The molecule has 0 amide bonds. The predicted octanol–water partition coefficient (Wildman–Crippen LogP) is 4.06. The summed E-state index contributed by atoms with van der Waals surface area (Å²) in [5.74, 6) is 0.105. The van der Waals surface area contributed by atoms with Crippen LogP contribution >= 0.6 is 15.9 Å². The summed E-state index contributed by atoms with van der Waals surface area (Å²) in [6.07, 6.45) is 1.97. The van der Waals surface area contributed by atoms with Gasteiger partial charge >= 0.3 is 5.97 Å². The molecule has 0 atom stereocenters. The van der Waals surface area contributed by atoms with Crippen molar-refractivity contribution in [2.75, 3.05) is 0 Å². The molecule has 1 fully saturated rings. The number of carbonyl (C=O) groups excluding carboxylic acids is 1. The molecule has 1 aliphatic carbocycles. The summed E-state index contributed by atoms with van der Waals surface area (Å²) in [6.45, 7) is 0.364. The van der Waals surface area contributed by atoms with Crippen LogP contribution in [0.2, 0.25) is 0 Å². The molecule has 0 aliphatic heterocycles. The maximum atomic E-state index is 11.6. The van der Waals surface area contributed by atoms with Crippen LogP contribution in [-0.2, 0) is 16.1 Å². The molecule has 0 N–H and O–H groups in total. The fraction of sp³-hybridized carbons (Fsp3) is 0.267. The lowest BCUT2D eigenvalue weighted by Gasteiger charge is -2.09. The zero-order valence-corrected chi connectivity index (χ0v) is 11.4. The smallest absolute Gasteiger partial charge is 0.309 e. The minimum atomic E-state index is -0.0537. The number of rotatable bonds is 3. The van der Waals surface area contributed by atoms with E-state index >= 15 is 0 Å². The van der Waals surface area contributed by atoms with Gasteiger partial charge in [-0.3, -0.25) is 4.79 Å². The monoisotopic (exact) mass is 304 g/mol. The number of fused-ring (bicyclic) bond motifs is 1. The van der Waals surface area contributed by atoms with Gasteiger partial charge < -0.3 is 4.74 Å². The van der Waals surface area contributed by atoms with Crippen LogP contribution in [0.1, 0.15) is 18.4 Å². The van der Waals surface area contributed by atoms with E-state index in [1.165, 1.54) is 0 Å². The van der Waals surface area contributed by atoms with Gasteiger partial charge in [0.1, 0.15) is 6.61 Å². The third-order valence-corrected chi connectivity index (χ3v) is 3.93. The summed E-state index contributed by atoms with van der Waals surface area (Å²) in [5, 5.41) is 2.29. The molecule has 0 saturated heterocycles. The highest BCUT2D eigenvalue weighted by atomic mass is 79.9. The van der Waals surface area contributed by atoms with Crippen LogP contribution in [-0.4, -0.2) is 5.97 Å². The first kappa shape index (κ1) is 11.7. The molecule has 2 aromatic carbocycles. The molecule has 1 aliphatic rings. The first-order valence-electron chi connectivity index (χ1n) is 6.08. The van der Waals surface area contributed by atoms with Crippen molar-refractivity contribution >= 4 is 32.7 Å². The fourth-order valence-electron chi connectivity index (χ4n) is 2.04. The summed E-state index contributed by atoms with van der Waals surface area (Å²) in [6, 6.07) is 12.1. The van der Waals surface area contributed by atoms with Crippen LogP contribution in [0.25, 0.3) is 10.8 Å². The van der Waals surface area contributed by atoms with Gasteiger partial charge in [0, 0.05) is 4.47 Å². The molecule has 0 bridgehead atoms. The molecular weight excluding hydrogens is 292 g/mol. The number of benzene rings is 2. The molecule has 0 spiro atoms. The minimum absolute atomic E-state index is 0.0537. The lowest BCUT2D eigenvalue weighted by Crippen LogP contribution is -2.06. The topological polar surface area (TPSA) is 26.3 Å². The minimum Gasteiger partial charge on any atom is -0.461 e. The third-order valence-electron chi connectivity index (χ3n) is 3.24. The summed E-state index contributed by atoms with van der Waals surface area (Å²) < 4.78 is 6.41. The second-order valence-electron chi connectivity index (χ2n) is 4.63. The van der Waals surface area contributed by atoms with Crippen LogP contribution in [0.4, 0.5) is 0 Å². The maximum Gasteiger partial charge on any atom is 0.309 e. The van der Waals surface area contributed by atoms with Crippen molar-refractivity contribution in [1.29, 1.82) is 0 Å². The molecule has 3 rings (SSSR count). The molecule has 2 nitrogen and oxygen atoms in total. The van der Waals surface area contributed by atoms with E-state index in [9.17, 15) is 4.79 Å². The molecule has 18 heavy (non-hydrogen) atoms. The maximum absolute atomic E-state index is 11.6. The van der Waals surface area contributed by atoms with Crippen molar-refractivity contribution in [2.24, 2.45) is 5.92 Å². The first-order chi connectivity index (χ1) is 8.75. The van der Waals surface area contributed by atoms with E-state index in [-0.39, 0.29) is 11.9 Å². The Morgan fingerprint density at radius 1 is 1.17 bits per heavy atom. The van der Waals surface area contributed by atoms with Gasteiger partial charge in [0.15, 0.2) is 0 Å². The number of hydrogen-bond donors (Lipinski definition) is 0. The predicted molar refractivity (Wildman–Crippen MR) is 74.2 cm³/mol. The zero-order valence-electron chi connectivity index (χ0n) is 9.86. The second kappa shape index (κ2) is 4.73. The number of esters is 1. The first-order valence-corrected chi connectivity index (χ1v) is 6.88. The molecule has 2 aromatic rings. The standard InChI is InChI=1S/C15H13BrO2/c16-14-8-7-11(9-18-15(17)10-5-6-10)12-3-1-2-4-13(12)14/h1-4,7-8,10H,5-6,9H2. The lowest BCUT2D eigenvalue weighted by atomic mass is 10.1. The molecule has 1 saturated carbocycles. The quantitative estimate of drug-likeness (QED) is 0.800. The average molecular weight is 305 g/mol. The van der Waals surface area contributed by atoms with Gasteiger partial charge in [0.05, 0.1) is 5.92 Å². The van der Waals surface area contributed by atoms with Crippen molar-refractivity contribution in [3.05, 3.63) is 46.4 Å². The molecule has 0 unspecified atom stereocenters. The molecule has 0 aromatic heterocycles. The Balaban J connectivity index is 1.87. The van der Waals surface area contributed by atoms with E-state index in [0.717, 1.165) is 33.7 Å². The Hall–Kier alpha value is -1.35. The summed E-state index contributed by atoms with van der Waals surface area (Å²) in [5.41, 5.74) is 1.06. The Morgan fingerprint density at radius 3 is 2.61 bits per heavy atom. The molecule has 0 radical (unpaired) electrons. The highest BCUT2D eigenvalue weighted by Gasteiger charge is 2.31. The van der Waals surface area contributed by atoms with E-state index < -0.39 is 0 Å². The highest BCUT2D eigenvalue weighted by molar-refractivity contribution is 9.10. The number of carbonyl (C=O) groups is 1. The van der Waals surface area contributed by atoms with Gasteiger partial charge in [-0.15, -0.1) is 0 Å². The Bertz CT molecular complexity index is 602. The number of ether oxygens (including phenoxy) is 1. The summed E-state index contributed by atoms with van der Waals surface area (Å²) >= 11 is 3.54. The second-order valence-corrected chi connectivity index (χ2v) is 5.49. The zero-order chi connectivity index (χ0) is 12.5. The Morgan fingerprint density at radius 2 is 1.89 bits per heavy atom.